The van der Waals surface area contributed by atoms with Gasteiger partial charge in [0.2, 0.25) is 0 Å². The Morgan fingerprint density at radius 3 is 2.52 bits per heavy atom. The molecule has 162 valence electrons. The van der Waals surface area contributed by atoms with Crippen LogP contribution in [0, 0.1) is 0 Å². The van der Waals surface area contributed by atoms with Crippen LogP contribution >= 0.6 is 11.6 Å². The molecule has 0 N–H and O–H groups in total. The molecule has 2 aromatic heterocycles. The van der Waals surface area contributed by atoms with Crippen molar-refractivity contribution >= 4 is 23.3 Å². The van der Waals surface area contributed by atoms with E-state index in [0.29, 0.717) is 44.1 Å². The number of anilines is 1. The number of hydrogen-bond donors (Lipinski definition) is 0. The molecule has 1 aliphatic heterocycles. The number of carbonyl (C=O) groups is 1. The van der Waals surface area contributed by atoms with E-state index >= 15 is 0 Å². The van der Waals surface area contributed by atoms with Crippen molar-refractivity contribution in [2.45, 2.75) is 12.6 Å². The van der Waals surface area contributed by atoms with Crippen molar-refractivity contribution in [2.75, 3.05) is 31.1 Å². The first-order chi connectivity index (χ1) is 14.8. The first-order valence-corrected chi connectivity index (χ1v) is 10.1. The van der Waals surface area contributed by atoms with E-state index in [-0.39, 0.29) is 10.9 Å². The van der Waals surface area contributed by atoms with Gasteiger partial charge in [0.05, 0.1) is 23.1 Å². The van der Waals surface area contributed by atoms with E-state index in [1.807, 2.05) is 35.2 Å². The standard InChI is InChI=1S/C21H19ClF3N5O/c22-17-11-15(21(23,24)25)12-27-19(17)28-7-4-8-29(10-9-28)20(31)18-13-26-14-30(18)16-5-2-1-3-6-16/h1-3,5-6,11-14H,4,7-10H2. The molecule has 0 radical (unpaired) electrons. The lowest BCUT2D eigenvalue weighted by Gasteiger charge is -2.24. The van der Waals surface area contributed by atoms with E-state index in [2.05, 4.69) is 9.97 Å². The van der Waals surface area contributed by atoms with Gasteiger partial charge in [0.15, 0.2) is 0 Å². The third-order valence-corrected chi connectivity index (χ3v) is 5.40. The first kappa shape index (κ1) is 21.2. The number of halogens is 4. The highest BCUT2D eigenvalue weighted by atomic mass is 35.5. The zero-order chi connectivity index (χ0) is 22.0. The van der Waals surface area contributed by atoms with Crippen LogP contribution in [0.25, 0.3) is 5.69 Å². The van der Waals surface area contributed by atoms with Crippen molar-refractivity contribution in [2.24, 2.45) is 0 Å². The molecule has 0 unspecified atom stereocenters. The number of aromatic nitrogens is 3. The van der Waals surface area contributed by atoms with Crippen LogP contribution in [0.1, 0.15) is 22.5 Å². The summed E-state index contributed by atoms with van der Waals surface area (Å²) < 4.78 is 40.4. The van der Waals surface area contributed by atoms with E-state index in [1.165, 1.54) is 6.20 Å². The van der Waals surface area contributed by atoms with E-state index < -0.39 is 11.7 Å². The Hall–Kier alpha value is -3.07. The van der Waals surface area contributed by atoms with Gasteiger partial charge in [-0.1, -0.05) is 29.8 Å². The summed E-state index contributed by atoms with van der Waals surface area (Å²) in [6.07, 6.45) is 0.0431. The molecule has 10 heteroatoms. The highest BCUT2D eigenvalue weighted by Gasteiger charge is 2.32. The molecule has 1 saturated heterocycles. The number of para-hydroxylation sites is 1. The lowest BCUT2D eigenvalue weighted by atomic mass is 10.2. The molecule has 0 bridgehead atoms. The number of amides is 1. The van der Waals surface area contributed by atoms with Gasteiger partial charge in [0.1, 0.15) is 11.5 Å². The smallest absolute Gasteiger partial charge is 0.354 e. The van der Waals surface area contributed by atoms with Crippen LogP contribution < -0.4 is 4.90 Å². The van der Waals surface area contributed by atoms with E-state index in [9.17, 15) is 18.0 Å². The molecule has 31 heavy (non-hydrogen) atoms. The molecular weight excluding hydrogens is 431 g/mol. The van der Waals surface area contributed by atoms with Crippen LogP contribution in [0.2, 0.25) is 5.02 Å². The first-order valence-electron chi connectivity index (χ1n) is 9.69. The number of carbonyl (C=O) groups excluding carboxylic acids is 1. The summed E-state index contributed by atoms with van der Waals surface area (Å²) in [4.78, 5) is 24.7. The van der Waals surface area contributed by atoms with Crippen molar-refractivity contribution in [3.05, 3.63) is 71.4 Å². The normalized spacial score (nSPS) is 15.1. The summed E-state index contributed by atoms with van der Waals surface area (Å²) >= 11 is 6.09. The summed E-state index contributed by atoms with van der Waals surface area (Å²) in [5, 5.41) is -0.0586. The molecule has 3 heterocycles. The maximum absolute atomic E-state index is 13.2. The second kappa shape index (κ2) is 8.58. The quantitative estimate of drug-likeness (QED) is 0.598. The molecule has 0 saturated carbocycles. The van der Waals surface area contributed by atoms with Crippen LogP contribution in [0.15, 0.2) is 55.1 Å². The number of hydrogen-bond acceptors (Lipinski definition) is 4. The lowest BCUT2D eigenvalue weighted by molar-refractivity contribution is -0.137. The predicted molar refractivity (Wildman–Crippen MR) is 111 cm³/mol. The SMILES string of the molecule is O=C(c1cncn1-c1ccccc1)N1CCCN(c2ncc(C(F)(F)F)cc2Cl)CC1. The van der Waals surface area contributed by atoms with E-state index in [1.54, 1.807) is 15.8 Å². The zero-order valence-corrected chi connectivity index (χ0v) is 17.1. The van der Waals surface area contributed by atoms with Gasteiger partial charge in [-0.05, 0) is 24.6 Å². The maximum Gasteiger partial charge on any atom is 0.417 e. The van der Waals surface area contributed by atoms with Crippen molar-refractivity contribution < 1.29 is 18.0 Å². The molecule has 0 aliphatic carbocycles. The highest BCUT2D eigenvalue weighted by Crippen LogP contribution is 2.33. The Morgan fingerprint density at radius 2 is 1.81 bits per heavy atom. The fourth-order valence-corrected chi connectivity index (χ4v) is 3.85. The predicted octanol–water partition coefficient (Wildman–Crippen LogP) is 4.29. The summed E-state index contributed by atoms with van der Waals surface area (Å²) in [7, 11) is 0. The minimum atomic E-state index is -4.50. The lowest BCUT2D eigenvalue weighted by Crippen LogP contribution is -2.36. The van der Waals surface area contributed by atoms with Crippen LogP contribution in [0.5, 0.6) is 0 Å². The second-order valence-corrected chi connectivity index (χ2v) is 7.55. The number of pyridine rings is 1. The largest absolute Gasteiger partial charge is 0.417 e. The molecular formula is C21H19ClF3N5O. The summed E-state index contributed by atoms with van der Waals surface area (Å²) in [5.74, 6) is 0.132. The molecule has 1 aliphatic rings. The molecule has 1 fully saturated rings. The summed E-state index contributed by atoms with van der Waals surface area (Å²) in [6.45, 7) is 1.83. The fraction of sp³-hybridized carbons (Fsp3) is 0.286. The van der Waals surface area contributed by atoms with Gasteiger partial charge in [-0.25, -0.2) is 9.97 Å². The topological polar surface area (TPSA) is 54.3 Å². The number of benzene rings is 1. The molecule has 1 aromatic carbocycles. The van der Waals surface area contributed by atoms with E-state index in [0.717, 1.165) is 18.0 Å². The number of alkyl halides is 3. The third kappa shape index (κ3) is 4.51. The fourth-order valence-electron chi connectivity index (χ4n) is 3.56. The highest BCUT2D eigenvalue weighted by molar-refractivity contribution is 6.33. The Kier molecular flexibility index (Phi) is 5.86. The average Bonchev–Trinajstić information content (AvgIpc) is 3.11. The Morgan fingerprint density at radius 1 is 1.03 bits per heavy atom. The van der Waals surface area contributed by atoms with Crippen molar-refractivity contribution in [1.29, 1.82) is 0 Å². The minimum Gasteiger partial charge on any atom is -0.354 e. The molecule has 0 spiro atoms. The van der Waals surface area contributed by atoms with Crippen LogP contribution in [0.4, 0.5) is 19.0 Å². The van der Waals surface area contributed by atoms with Crippen LogP contribution in [0.3, 0.4) is 0 Å². The monoisotopic (exact) mass is 449 g/mol. The molecule has 6 nitrogen and oxygen atoms in total. The van der Waals surface area contributed by atoms with Crippen LogP contribution in [-0.2, 0) is 6.18 Å². The number of nitrogens with zero attached hydrogens (tertiary/aromatic N) is 5. The Labute approximate surface area is 181 Å². The third-order valence-electron chi connectivity index (χ3n) is 5.12. The van der Waals surface area contributed by atoms with Gasteiger partial charge < -0.3 is 9.80 Å². The van der Waals surface area contributed by atoms with Crippen molar-refractivity contribution in [3.8, 4) is 5.69 Å². The van der Waals surface area contributed by atoms with Gasteiger partial charge >= 0.3 is 6.18 Å². The van der Waals surface area contributed by atoms with Gasteiger partial charge in [-0.15, -0.1) is 0 Å². The maximum atomic E-state index is 13.2. The van der Waals surface area contributed by atoms with Crippen molar-refractivity contribution in [1.82, 2.24) is 19.4 Å². The van der Waals surface area contributed by atoms with Gasteiger partial charge in [0.25, 0.3) is 5.91 Å². The average molecular weight is 450 g/mol. The number of rotatable bonds is 3. The Balaban J connectivity index is 1.49. The summed E-state index contributed by atoms with van der Waals surface area (Å²) in [6, 6.07) is 10.3. The zero-order valence-electron chi connectivity index (χ0n) is 16.4. The van der Waals surface area contributed by atoms with Gasteiger partial charge in [0, 0.05) is 38.1 Å². The van der Waals surface area contributed by atoms with Gasteiger partial charge in [-0.2, -0.15) is 13.2 Å². The van der Waals surface area contributed by atoms with Gasteiger partial charge in [-0.3, -0.25) is 9.36 Å². The molecule has 3 aromatic rings. The minimum absolute atomic E-state index is 0.0586. The molecule has 4 rings (SSSR count). The second-order valence-electron chi connectivity index (χ2n) is 7.14. The van der Waals surface area contributed by atoms with Crippen LogP contribution in [-0.4, -0.2) is 51.5 Å². The summed E-state index contributed by atoms with van der Waals surface area (Å²) in [5.41, 5.74) is 0.396. The van der Waals surface area contributed by atoms with E-state index in [4.69, 9.17) is 11.6 Å². The molecule has 0 atom stereocenters. The molecule has 1 amide bonds. The Bertz CT molecular complexity index is 1070. The van der Waals surface area contributed by atoms with Crippen molar-refractivity contribution in [3.63, 3.8) is 0 Å². The number of imidazole rings is 1.